The topological polar surface area (TPSA) is 82.1 Å². The average Bonchev–Trinajstić information content (AvgIpc) is 2.49. The summed E-state index contributed by atoms with van der Waals surface area (Å²) < 4.78 is 15.3. The molecule has 0 bridgehead atoms. The maximum atomic E-state index is 11.0. The number of carbonyl (C=O) groups excluding carboxylic acids is 1. The first-order valence-electron chi connectivity index (χ1n) is 6.35. The molecule has 0 saturated heterocycles. The summed E-state index contributed by atoms with van der Waals surface area (Å²) in [6.07, 6.45) is 3.34. The molecule has 1 aromatic carbocycles. The van der Waals surface area contributed by atoms with E-state index in [-0.39, 0.29) is 12.4 Å². The molecule has 0 aliphatic heterocycles. The molecule has 0 aliphatic carbocycles. The summed E-state index contributed by atoms with van der Waals surface area (Å²) in [6.45, 7) is 0.357. The third-order valence-corrected chi connectivity index (χ3v) is 2.62. The van der Waals surface area contributed by atoms with Gasteiger partial charge in [-0.1, -0.05) is 6.07 Å². The van der Waals surface area contributed by atoms with Gasteiger partial charge in [0.05, 0.1) is 20.8 Å². The van der Waals surface area contributed by atoms with Gasteiger partial charge in [0, 0.05) is 12.5 Å². The van der Waals surface area contributed by atoms with Crippen LogP contribution in [0.15, 0.2) is 24.3 Å². The van der Waals surface area contributed by atoms with E-state index in [1.165, 1.54) is 20.3 Å². The lowest BCUT2D eigenvalue weighted by atomic mass is 10.2. The van der Waals surface area contributed by atoms with Crippen LogP contribution in [0, 0.1) is 0 Å². The molecule has 1 rings (SSSR count). The van der Waals surface area contributed by atoms with Gasteiger partial charge in [-0.05, 0) is 30.2 Å². The van der Waals surface area contributed by atoms with Crippen molar-refractivity contribution in [2.75, 3.05) is 20.8 Å². The molecule has 0 atom stereocenters. The molecule has 1 N–H and O–H groups in total. The Morgan fingerprint density at radius 2 is 2.00 bits per heavy atom. The molecule has 21 heavy (non-hydrogen) atoms. The van der Waals surface area contributed by atoms with Gasteiger partial charge in [0.25, 0.3) is 0 Å². The first kappa shape index (κ1) is 16.6. The van der Waals surface area contributed by atoms with Gasteiger partial charge in [-0.2, -0.15) is 0 Å². The van der Waals surface area contributed by atoms with Crippen LogP contribution in [0.1, 0.15) is 18.4 Å². The van der Waals surface area contributed by atoms with E-state index in [0.29, 0.717) is 30.1 Å². The smallest absolute Gasteiger partial charge is 0.328 e. The van der Waals surface area contributed by atoms with E-state index in [4.69, 9.17) is 14.6 Å². The highest BCUT2D eigenvalue weighted by Crippen LogP contribution is 2.28. The van der Waals surface area contributed by atoms with Crippen molar-refractivity contribution in [2.45, 2.75) is 12.8 Å². The van der Waals surface area contributed by atoms with Gasteiger partial charge >= 0.3 is 11.9 Å². The number of benzene rings is 1. The summed E-state index contributed by atoms with van der Waals surface area (Å²) >= 11 is 0. The molecular formula is C15H18O6. The zero-order valence-electron chi connectivity index (χ0n) is 12.0. The monoisotopic (exact) mass is 294 g/mol. The van der Waals surface area contributed by atoms with Crippen molar-refractivity contribution in [3.05, 3.63) is 29.8 Å². The molecule has 0 amide bonds. The van der Waals surface area contributed by atoms with Crippen molar-refractivity contribution in [3.63, 3.8) is 0 Å². The van der Waals surface area contributed by atoms with Gasteiger partial charge in [-0.25, -0.2) is 4.79 Å². The van der Waals surface area contributed by atoms with E-state index in [9.17, 15) is 9.59 Å². The standard InChI is InChI=1S/C15H18O6/c1-19-13-10-11(6-8-14(16)17)5-7-12(13)21-9-3-4-15(18)20-2/h5-8,10H,3-4,9H2,1-2H3,(H,16,17)/b8-6+. The van der Waals surface area contributed by atoms with Crippen LogP contribution in [0.25, 0.3) is 6.08 Å². The second kappa shape index (κ2) is 8.63. The summed E-state index contributed by atoms with van der Waals surface area (Å²) in [7, 11) is 2.84. The predicted octanol–water partition coefficient (Wildman–Crippen LogP) is 2.12. The number of carboxylic acid groups (broad SMARTS) is 1. The number of rotatable bonds is 8. The van der Waals surface area contributed by atoms with Crippen molar-refractivity contribution in [1.29, 1.82) is 0 Å². The Morgan fingerprint density at radius 1 is 1.24 bits per heavy atom. The summed E-state index contributed by atoms with van der Waals surface area (Å²) in [5, 5.41) is 8.58. The maximum Gasteiger partial charge on any atom is 0.328 e. The molecule has 0 aromatic heterocycles. The van der Waals surface area contributed by atoms with E-state index in [1.807, 2.05) is 0 Å². The molecule has 6 heteroatoms. The molecule has 0 saturated carbocycles. The molecule has 0 spiro atoms. The molecule has 1 aromatic rings. The minimum absolute atomic E-state index is 0.278. The lowest BCUT2D eigenvalue weighted by Gasteiger charge is -2.11. The second-order valence-electron chi connectivity index (χ2n) is 4.11. The normalized spacial score (nSPS) is 10.4. The number of esters is 1. The Morgan fingerprint density at radius 3 is 2.62 bits per heavy atom. The van der Waals surface area contributed by atoms with Crippen LogP contribution in [0.3, 0.4) is 0 Å². The highest BCUT2D eigenvalue weighted by Gasteiger charge is 2.06. The van der Waals surface area contributed by atoms with Gasteiger partial charge in [0.15, 0.2) is 11.5 Å². The highest BCUT2D eigenvalue weighted by atomic mass is 16.5. The fraction of sp³-hybridized carbons (Fsp3) is 0.333. The lowest BCUT2D eigenvalue weighted by molar-refractivity contribution is -0.140. The van der Waals surface area contributed by atoms with Gasteiger partial charge in [0.1, 0.15) is 0 Å². The van der Waals surface area contributed by atoms with Gasteiger partial charge in [-0.3, -0.25) is 4.79 Å². The van der Waals surface area contributed by atoms with E-state index >= 15 is 0 Å². The van der Waals surface area contributed by atoms with Crippen LogP contribution in [0.2, 0.25) is 0 Å². The SMILES string of the molecule is COC(=O)CCCOc1ccc(/C=C/C(=O)O)cc1OC. The molecule has 0 radical (unpaired) electrons. The number of hydrogen-bond acceptors (Lipinski definition) is 5. The molecule has 6 nitrogen and oxygen atoms in total. The number of methoxy groups -OCH3 is 2. The maximum absolute atomic E-state index is 11.0. The zero-order valence-corrected chi connectivity index (χ0v) is 12.0. The van der Waals surface area contributed by atoms with Crippen LogP contribution in [-0.2, 0) is 14.3 Å². The molecular weight excluding hydrogens is 276 g/mol. The third kappa shape index (κ3) is 5.99. The van der Waals surface area contributed by atoms with Crippen molar-refractivity contribution in [1.82, 2.24) is 0 Å². The fourth-order valence-corrected chi connectivity index (χ4v) is 1.58. The third-order valence-electron chi connectivity index (χ3n) is 2.62. The van der Waals surface area contributed by atoms with Crippen LogP contribution in [-0.4, -0.2) is 37.9 Å². The van der Waals surface area contributed by atoms with Crippen molar-refractivity contribution in [2.24, 2.45) is 0 Å². The summed E-state index contributed by atoms with van der Waals surface area (Å²) in [5.41, 5.74) is 0.691. The summed E-state index contributed by atoms with van der Waals surface area (Å²) in [4.78, 5) is 21.4. The molecule has 114 valence electrons. The first-order valence-corrected chi connectivity index (χ1v) is 6.35. The molecule has 0 fully saturated rings. The Kier molecular flexibility index (Phi) is 6.80. The van der Waals surface area contributed by atoms with Gasteiger partial charge in [-0.15, -0.1) is 0 Å². The largest absolute Gasteiger partial charge is 0.493 e. The van der Waals surface area contributed by atoms with Crippen molar-refractivity contribution in [3.8, 4) is 11.5 Å². The predicted molar refractivity (Wildman–Crippen MR) is 76.4 cm³/mol. The first-order chi connectivity index (χ1) is 10.1. The van der Waals surface area contributed by atoms with Crippen LogP contribution < -0.4 is 9.47 Å². The van der Waals surface area contributed by atoms with Gasteiger partial charge < -0.3 is 19.3 Å². The second-order valence-corrected chi connectivity index (χ2v) is 4.11. The summed E-state index contributed by atoms with van der Waals surface area (Å²) in [6, 6.07) is 5.09. The molecule has 0 aliphatic rings. The highest BCUT2D eigenvalue weighted by molar-refractivity contribution is 5.85. The van der Waals surface area contributed by atoms with E-state index in [1.54, 1.807) is 18.2 Å². The Labute approximate surface area is 122 Å². The minimum Gasteiger partial charge on any atom is -0.493 e. The van der Waals surface area contributed by atoms with Crippen molar-refractivity contribution >= 4 is 18.0 Å². The lowest BCUT2D eigenvalue weighted by Crippen LogP contribution is -2.05. The van der Waals surface area contributed by atoms with E-state index in [0.717, 1.165) is 6.08 Å². The Balaban J connectivity index is 2.62. The number of aliphatic carboxylic acids is 1. The minimum atomic E-state index is -1.02. The van der Waals surface area contributed by atoms with E-state index < -0.39 is 5.97 Å². The molecule has 0 unspecified atom stereocenters. The number of ether oxygens (including phenoxy) is 3. The van der Waals surface area contributed by atoms with Gasteiger partial charge in [0.2, 0.25) is 0 Å². The molecule has 0 heterocycles. The number of carboxylic acids is 1. The zero-order chi connectivity index (χ0) is 15.7. The van der Waals surface area contributed by atoms with Crippen LogP contribution >= 0.6 is 0 Å². The van der Waals surface area contributed by atoms with Crippen LogP contribution in [0.5, 0.6) is 11.5 Å². The number of hydrogen-bond donors (Lipinski definition) is 1. The van der Waals surface area contributed by atoms with E-state index in [2.05, 4.69) is 4.74 Å². The quantitative estimate of drug-likeness (QED) is 0.449. The number of carbonyl (C=O) groups is 2. The summed E-state index contributed by atoms with van der Waals surface area (Å²) in [5.74, 6) is -0.257. The average molecular weight is 294 g/mol. The Bertz CT molecular complexity index is 521. The Hall–Kier alpha value is -2.50. The fourth-order valence-electron chi connectivity index (χ4n) is 1.58. The van der Waals surface area contributed by atoms with Crippen LogP contribution in [0.4, 0.5) is 0 Å². The van der Waals surface area contributed by atoms with Crippen molar-refractivity contribution < 1.29 is 28.9 Å².